The van der Waals surface area contributed by atoms with E-state index in [-0.39, 0.29) is 11.9 Å². The van der Waals surface area contributed by atoms with Crippen molar-refractivity contribution < 1.29 is 4.79 Å². The minimum atomic E-state index is -0.0394. The normalized spacial score (nSPS) is 14.0. The van der Waals surface area contributed by atoms with Crippen LogP contribution in [0.25, 0.3) is 22.3 Å². The monoisotopic (exact) mass is 420 g/mol. The zero-order chi connectivity index (χ0) is 22.0. The van der Waals surface area contributed by atoms with Gasteiger partial charge >= 0.3 is 0 Å². The summed E-state index contributed by atoms with van der Waals surface area (Å²) in [7, 11) is 4.09. The number of hydrogen-bond donors (Lipinski definition) is 2. The van der Waals surface area contributed by atoms with Crippen molar-refractivity contribution in [3.05, 3.63) is 47.7 Å². The Labute approximate surface area is 183 Å². The summed E-state index contributed by atoms with van der Waals surface area (Å²) in [6.45, 7) is 6.94. The second-order valence-electron chi connectivity index (χ2n) is 8.76. The van der Waals surface area contributed by atoms with Gasteiger partial charge in [0.05, 0.1) is 22.8 Å². The van der Waals surface area contributed by atoms with Crippen LogP contribution in [0.15, 0.2) is 36.5 Å². The molecule has 1 amide bonds. The first-order valence-electron chi connectivity index (χ1n) is 11.1. The molecule has 31 heavy (non-hydrogen) atoms. The van der Waals surface area contributed by atoms with Gasteiger partial charge in [-0.05, 0) is 58.5 Å². The molecule has 3 aromatic rings. The Morgan fingerprint density at radius 2 is 2.10 bits per heavy atom. The van der Waals surface area contributed by atoms with Crippen LogP contribution in [0, 0.1) is 0 Å². The third-order valence-corrected chi connectivity index (χ3v) is 5.63. The van der Waals surface area contributed by atoms with Crippen molar-refractivity contribution >= 4 is 16.9 Å². The lowest BCUT2D eigenvalue weighted by molar-refractivity contribution is 0.0952. The molecule has 4 rings (SSSR count). The molecule has 0 bridgehead atoms. The van der Waals surface area contributed by atoms with Crippen LogP contribution >= 0.6 is 0 Å². The highest BCUT2D eigenvalue weighted by Crippen LogP contribution is 2.28. The van der Waals surface area contributed by atoms with E-state index in [2.05, 4.69) is 65.8 Å². The molecule has 0 unspecified atom stereocenters. The topological polar surface area (TPSA) is 75.1 Å². The van der Waals surface area contributed by atoms with Crippen LogP contribution in [0.2, 0.25) is 0 Å². The SMILES string of the molecule is CNCCN(C)Cc1cccc(-c2cc(C(=O)NC3CC3)c3cnn(C(C)C)c3n2)c1. The van der Waals surface area contributed by atoms with E-state index in [1.165, 1.54) is 5.56 Å². The molecule has 1 saturated carbocycles. The van der Waals surface area contributed by atoms with Gasteiger partial charge in [0.2, 0.25) is 0 Å². The number of aromatic nitrogens is 3. The Kier molecular flexibility index (Phi) is 6.34. The van der Waals surface area contributed by atoms with Crippen LogP contribution in [0.1, 0.15) is 48.7 Å². The minimum absolute atomic E-state index is 0.0394. The number of carbonyl (C=O) groups excluding carboxylic acids is 1. The molecule has 2 heterocycles. The van der Waals surface area contributed by atoms with Gasteiger partial charge < -0.3 is 15.5 Å². The average Bonchev–Trinajstić information content (AvgIpc) is 3.45. The van der Waals surface area contributed by atoms with Gasteiger partial charge in [0.1, 0.15) is 0 Å². The van der Waals surface area contributed by atoms with Crippen molar-refractivity contribution in [1.82, 2.24) is 30.3 Å². The van der Waals surface area contributed by atoms with Gasteiger partial charge in [0.15, 0.2) is 5.65 Å². The molecule has 0 atom stereocenters. The van der Waals surface area contributed by atoms with Crippen LogP contribution in [0.5, 0.6) is 0 Å². The largest absolute Gasteiger partial charge is 0.349 e. The number of fused-ring (bicyclic) bond motifs is 1. The van der Waals surface area contributed by atoms with Crippen molar-refractivity contribution in [3.63, 3.8) is 0 Å². The molecule has 0 spiro atoms. The minimum Gasteiger partial charge on any atom is -0.349 e. The maximum Gasteiger partial charge on any atom is 0.252 e. The Hall–Kier alpha value is -2.77. The van der Waals surface area contributed by atoms with E-state index < -0.39 is 0 Å². The summed E-state index contributed by atoms with van der Waals surface area (Å²) in [5.41, 5.74) is 4.44. The Morgan fingerprint density at radius 1 is 1.29 bits per heavy atom. The first-order chi connectivity index (χ1) is 15.0. The quantitative estimate of drug-likeness (QED) is 0.556. The molecule has 0 saturated heterocycles. The lowest BCUT2D eigenvalue weighted by Crippen LogP contribution is -2.26. The third kappa shape index (κ3) is 4.94. The summed E-state index contributed by atoms with van der Waals surface area (Å²) >= 11 is 0. The standard InChI is InChI=1S/C24H32N6O/c1-16(2)30-23-21(14-26-30)20(24(31)27-19-8-9-19)13-22(28-23)18-7-5-6-17(12-18)15-29(4)11-10-25-3/h5-7,12-14,16,19,25H,8-11,15H2,1-4H3,(H,27,31). The molecule has 1 aromatic carbocycles. The zero-order valence-corrected chi connectivity index (χ0v) is 18.9. The molecule has 7 heteroatoms. The van der Waals surface area contributed by atoms with E-state index in [0.717, 1.165) is 54.8 Å². The van der Waals surface area contributed by atoms with Crippen molar-refractivity contribution in [1.29, 1.82) is 0 Å². The summed E-state index contributed by atoms with van der Waals surface area (Å²) in [4.78, 5) is 20.2. The van der Waals surface area contributed by atoms with E-state index in [1.54, 1.807) is 6.20 Å². The molecule has 2 aromatic heterocycles. The van der Waals surface area contributed by atoms with Crippen LogP contribution in [-0.2, 0) is 6.54 Å². The van der Waals surface area contributed by atoms with E-state index in [1.807, 2.05) is 17.8 Å². The number of benzene rings is 1. The summed E-state index contributed by atoms with van der Waals surface area (Å²) < 4.78 is 1.89. The van der Waals surface area contributed by atoms with Crippen molar-refractivity contribution in [3.8, 4) is 11.3 Å². The van der Waals surface area contributed by atoms with Gasteiger partial charge in [-0.3, -0.25) is 4.79 Å². The second-order valence-corrected chi connectivity index (χ2v) is 8.76. The Morgan fingerprint density at radius 3 is 2.81 bits per heavy atom. The van der Waals surface area contributed by atoms with Crippen molar-refractivity contribution in [2.75, 3.05) is 27.2 Å². The molecule has 1 aliphatic rings. The number of rotatable bonds is 9. The molecule has 7 nitrogen and oxygen atoms in total. The van der Waals surface area contributed by atoms with E-state index in [0.29, 0.717) is 11.6 Å². The third-order valence-electron chi connectivity index (χ3n) is 5.63. The summed E-state index contributed by atoms with van der Waals surface area (Å²) in [5.74, 6) is -0.0394. The number of carbonyl (C=O) groups is 1. The van der Waals surface area contributed by atoms with Crippen molar-refractivity contribution in [2.24, 2.45) is 0 Å². The number of nitrogens with one attached hydrogen (secondary N) is 2. The van der Waals surface area contributed by atoms with Crippen molar-refractivity contribution in [2.45, 2.75) is 45.3 Å². The Balaban J connectivity index is 1.72. The van der Waals surface area contributed by atoms with Crippen LogP contribution in [0.4, 0.5) is 0 Å². The highest BCUT2D eigenvalue weighted by molar-refractivity contribution is 6.06. The highest BCUT2D eigenvalue weighted by atomic mass is 16.1. The predicted octanol–water partition coefficient (Wildman–Crippen LogP) is 3.22. The van der Waals surface area contributed by atoms with Crippen LogP contribution in [0.3, 0.4) is 0 Å². The smallest absolute Gasteiger partial charge is 0.252 e. The molecule has 0 aliphatic heterocycles. The summed E-state index contributed by atoms with van der Waals surface area (Å²) in [5, 5.41) is 11.6. The maximum atomic E-state index is 13.0. The van der Waals surface area contributed by atoms with Gasteiger partial charge in [0.25, 0.3) is 5.91 Å². The maximum absolute atomic E-state index is 13.0. The predicted molar refractivity (Wildman–Crippen MR) is 124 cm³/mol. The molecular formula is C24H32N6O. The fourth-order valence-electron chi connectivity index (χ4n) is 3.74. The first kappa shape index (κ1) is 21.5. The fraction of sp³-hybridized carbons (Fsp3) is 0.458. The van der Waals surface area contributed by atoms with E-state index in [9.17, 15) is 4.79 Å². The summed E-state index contributed by atoms with van der Waals surface area (Å²) in [6, 6.07) is 10.8. The molecule has 1 aliphatic carbocycles. The lowest BCUT2D eigenvalue weighted by atomic mass is 10.0. The van der Waals surface area contributed by atoms with Crippen LogP contribution < -0.4 is 10.6 Å². The molecule has 2 N–H and O–H groups in total. The van der Waals surface area contributed by atoms with Gasteiger partial charge in [-0.2, -0.15) is 5.10 Å². The molecular weight excluding hydrogens is 388 g/mol. The lowest BCUT2D eigenvalue weighted by Gasteiger charge is -2.17. The Bertz CT molecular complexity index is 1070. The number of nitrogens with zero attached hydrogens (tertiary/aromatic N) is 4. The number of amides is 1. The first-order valence-corrected chi connectivity index (χ1v) is 11.1. The van der Waals surface area contributed by atoms with Gasteiger partial charge in [-0.25, -0.2) is 9.67 Å². The second kappa shape index (κ2) is 9.16. The fourth-order valence-corrected chi connectivity index (χ4v) is 3.74. The average molecular weight is 421 g/mol. The number of hydrogen-bond acceptors (Lipinski definition) is 5. The molecule has 1 fully saturated rings. The van der Waals surface area contributed by atoms with Gasteiger partial charge in [-0.15, -0.1) is 0 Å². The van der Waals surface area contributed by atoms with Gasteiger partial charge in [0, 0.05) is 37.3 Å². The highest BCUT2D eigenvalue weighted by Gasteiger charge is 2.26. The van der Waals surface area contributed by atoms with E-state index >= 15 is 0 Å². The number of likely N-dealkylation sites (N-methyl/N-ethyl adjacent to an activating group) is 2. The molecule has 164 valence electrons. The zero-order valence-electron chi connectivity index (χ0n) is 18.9. The van der Waals surface area contributed by atoms with Crippen LogP contribution in [-0.4, -0.2) is 58.8 Å². The summed E-state index contributed by atoms with van der Waals surface area (Å²) in [6.07, 6.45) is 3.88. The molecule has 0 radical (unpaired) electrons. The van der Waals surface area contributed by atoms with E-state index in [4.69, 9.17) is 4.98 Å². The van der Waals surface area contributed by atoms with Gasteiger partial charge in [-0.1, -0.05) is 18.2 Å². The number of pyridine rings is 1.